The molecule has 0 unspecified atom stereocenters. The Bertz CT molecular complexity index is 1070. The van der Waals surface area contributed by atoms with Crippen molar-refractivity contribution < 1.29 is 14.3 Å². The molecule has 144 valence electrons. The molecule has 1 N–H and O–H groups in total. The Balaban J connectivity index is 1.77. The molecule has 1 aromatic heterocycles. The Morgan fingerprint density at radius 3 is 2.86 bits per heavy atom. The number of hydrogen-bond acceptors (Lipinski definition) is 5. The van der Waals surface area contributed by atoms with Crippen LogP contribution in [0.25, 0.3) is 11.3 Å². The summed E-state index contributed by atoms with van der Waals surface area (Å²) in [7, 11) is 1.69. The lowest BCUT2D eigenvalue weighted by atomic mass is 10.1. The van der Waals surface area contributed by atoms with Crippen LogP contribution in [0.2, 0.25) is 0 Å². The van der Waals surface area contributed by atoms with E-state index in [4.69, 9.17) is 14.5 Å². The molecule has 0 radical (unpaired) electrons. The molecule has 4 rings (SSSR count). The molecule has 0 saturated heterocycles. The van der Waals surface area contributed by atoms with E-state index in [2.05, 4.69) is 34.3 Å². The fourth-order valence-corrected chi connectivity index (χ4v) is 3.98. The monoisotopic (exact) mass is 395 g/mol. The molecule has 0 saturated carbocycles. The van der Waals surface area contributed by atoms with Crippen LogP contribution in [0.5, 0.6) is 5.75 Å². The van der Waals surface area contributed by atoms with Crippen LogP contribution >= 0.6 is 11.3 Å². The van der Waals surface area contributed by atoms with Gasteiger partial charge in [0.2, 0.25) is 0 Å². The smallest absolute Gasteiger partial charge is 0.262 e. The zero-order chi connectivity index (χ0) is 19.5. The number of benzene rings is 2. The molecule has 28 heavy (non-hydrogen) atoms. The highest BCUT2D eigenvalue weighted by Crippen LogP contribution is 2.33. The number of carbonyl (C=O) groups excluding carboxylic acids is 1. The number of rotatable bonds is 5. The van der Waals surface area contributed by atoms with E-state index in [1.807, 2.05) is 30.3 Å². The maximum absolute atomic E-state index is 11.6. The largest absolute Gasteiger partial charge is 0.482 e. The number of hydrogen-bond donors (Lipinski definition) is 1. The van der Waals surface area contributed by atoms with Gasteiger partial charge in [0.1, 0.15) is 5.75 Å². The first-order valence-corrected chi connectivity index (χ1v) is 9.88. The summed E-state index contributed by atoms with van der Waals surface area (Å²) >= 11 is 1.58. The second-order valence-corrected chi connectivity index (χ2v) is 7.38. The first kappa shape index (κ1) is 18.5. The average Bonchev–Trinajstić information content (AvgIpc) is 3.09. The number of methoxy groups -OCH3 is 1. The van der Waals surface area contributed by atoms with Gasteiger partial charge in [0, 0.05) is 24.6 Å². The normalized spacial score (nSPS) is 13.8. The van der Waals surface area contributed by atoms with Gasteiger partial charge in [-0.3, -0.25) is 4.79 Å². The average molecular weight is 395 g/mol. The minimum atomic E-state index is -0.141. The third kappa shape index (κ3) is 3.85. The number of anilines is 1. The van der Waals surface area contributed by atoms with Crippen LogP contribution in [0.1, 0.15) is 5.56 Å². The zero-order valence-electron chi connectivity index (χ0n) is 15.8. The van der Waals surface area contributed by atoms with Crippen LogP contribution in [0.3, 0.4) is 0 Å². The molecular weight excluding hydrogens is 374 g/mol. The van der Waals surface area contributed by atoms with E-state index in [9.17, 15) is 4.79 Å². The summed E-state index contributed by atoms with van der Waals surface area (Å²) in [5.41, 5.74) is 4.82. The Kier molecular flexibility index (Phi) is 5.27. The van der Waals surface area contributed by atoms with E-state index in [1.165, 1.54) is 5.56 Å². The summed E-state index contributed by atoms with van der Waals surface area (Å²) in [4.78, 5) is 17.4. The molecule has 7 heteroatoms. The van der Waals surface area contributed by atoms with Gasteiger partial charge in [0.05, 0.1) is 23.7 Å². The van der Waals surface area contributed by atoms with Crippen molar-refractivity contribution >= 4 is 28.6 Å². The maximum Gasteiger partial charge on any atom is 0.262 e. The second-order valence-electron chi connectivity index (χ2n) is 6.54. The van der Waals surface area contributed by atoms with Gasteiger partial charge in [0.25, 0.3) is 5.91 Å². The summed E-state index contributed by atoms with van der Waals surface area (Å²) in [5, 5.41) is 4.95. The number of aryl methyl sites for hydroxylation is 1. The first-order chi connectivity index (χ1) is 13.6. The van der Waals surface area contributed by atoms with E-state index in [1.54, 1.807) is 18.4 Å². The highest BCUT2D eigenvalue weighted by molar-refractivity contribution is 7.07. The molecule has 0 bridgehead atoms. The van der Waals surface area contributed by atoms with Gasteiger partial charge >= 0.3 is 0 Å². The lowest BCUT2D eigenvalue weighted by molar-refractivity contribution is -0.118. The van der Waals surface area contributed by atoms with Gasteiger partial charge < -0.3 is 19.4 Å². The fourth-order valence-electron chi connectivity index (χ4n) is 3.02. The van der Waals surface area contributed by atoms with Crippen molar-refractivity contribution in [2.45, 2.75) is 13.5 Å². The number of ether oxygens (including phenoxy) is 2. The molecule has 0 spiro atoms. The molecule has 2 heterocycles. The molecule has 3 aromatic rings. The third-order valence-electron chi connectivity index (χ3n) is 4.48. The first-order valence-electron chi connectivity index (χ1n) is 9.00. The topological polar surface area (TPSA) is 64.8 Å². The minimum absolute atomic E-state index is 0.0538. The van der Waals surface area contributed by atoms with Crippen molar-refractivity contribution in [2.24, 2.45) is 4.99 Å². The molecule has 1 aliphatic rings. The quantitative estimate of drug-likeness (QED) is 0.716. The zero-order valence-corrected chi connectivity index (χ0v) is 16.6. The Hall–Kier alpha value is -2.90. The Morgan fingerprint density at radius 2 is 2.07 bits per heavy atom. The highest BCUT2D eigenvalue weighted by atomic mass is 32.1. The SMILES string of the molecule is COCCn1c(-c2ccc3c(c2)NC(=O)CO3)csc1=Nc1ccc(C)cc1. The predicted molar refractivity (Wildman–Crippen MR) is 110 cm³/mol. The molecule has 1 aliphatic heterocycles. The number of amides is 1. The number of nitrogens with one attached hydrogen (secondary N) is 1. The van der Waals surface area contributed by atoms with Crippen molar-refractivity contribution in [3.63, 3.8) is 0 Å². The summed E-state index contributed by atoms with van der Waals surface area (Å²) in [5.74, 6) is 0.545. The van der Waals surface area contributed by atoms with E-state index in [0.717, 1.165) is 21.7 Å². The molecular formula is C21H21N3O3S. The summed E-state index contributed by atoms with van der Waals surface area (Å²) in [6.45, 7) is 3.37. The van der Waals surface area contributed by atoms with Crippen LogP contribution in [-0.2, 0) is 16.1 Å². The Morgan fingerprint density at radius 1 is 1.25 bits per heavy atom. The van der Waals surface area contributed by atoms with Crippen LogP contribution in [-0.4, -0.2) is 30.8 Å². The van der Waals surface area contributed by atoms with E-state index < -0.39 is 0 Å². The molecule has 0 aliphatic carbocycles. The number of carbonyl (C=O) groups is 1. The van der Waals surface area contributed by atoms with Crippen molar-refractivity contribution in [3.05, 3.63) is 58.2 Å². The van der Waals surface area contributed by atoms with Crippen molar-refractivity contribution in [1.29, 1.82) is 0 Å². The number of fused-ring (bicyclic) bond motifs is 1. The van der Waals surface area contributed by atoms with E-state index >= 15 is 0 Å². The lowest BCUT2D eigenvalue weighted by Crippen LogP contribution is -2.25. The minimum Gasteiger partial charge on any atom is -0.482 e. The van der Waals surface area contributed by atoms with Gasteiger partial charge in [-0.1, -0.05) is 17.7 Å². The van der Waals surface area contributed by atoms with Crippen molar-refractivity contribution in [3.8, 4) is 17.0 Å². The number of aromatic nitrogens is 1. The van der Waals surface area contributed by atoms with Crippen molar-refractivity contribution in [1.82, 2.24) is 4.57 Å². The number of nitrogens with zero attached hydrogens (tertiary/aromatic N) is 2. The van der Waals surface area contributed by atoms with Gasteiger partial charge in [-0.05, 0) is 37.3 Å². The van der Waals surface area contributed by atoms with Crippen LogP contribution < -0.4 is 14.9 Å². The van der Waals surface area contributed by atoms with Crippen molar-refractivity contribution in [2.75, 3.05) is 25.6 Å². The maximum atomic E-state index is 11.6. The van der Waals surface area contributed by atoms with E-state index in [-0.39, 0.29) is 12.5 Å². The number of thiazole rings is 1. The van der Waals surface area contributed by atoms with Crippen LogP contribution in [0.15, 0.2) is 52.8 Å². The standard InChI is InChI=1S/C21H21N3O3S/c1-14-3-6-16(7-4-14)22-21-24(9-10-26-2)18(13-28-21)15-5-8-19-17(11-15)23-20(25)12-27-19/h3-8,11,13H,9-10,12H2,1-2H3,(H,23,25). The Labute approximate surface area is 167 Å². The second kappa shape index (κ2) is 8.00. The lowest BCUT2D eigenvalue weighted by Gasteiger charge is -2.19. The molecule has 1 amide bonds. The molecule has 2 aromatic carbocycles. The summed E-state index contributed by atoms with van der Waals surface area (Å²) in [6.07, 6.45) is 0. The summed E-state index contributed by atoms with van der Waals surface area (Å²) < 4.78 is 12.9. The molecule has 6 nitrogen and oxygen atoms in total. The van der Waals surface area contributed by atoms with Crippen LogP contribution in [0.4, 0.5) is 11.4 Å². The van der Waals surface area contributed by atoms with Gasteiger partial charge in [-0.25, -0.2) is 4.99 Å². The summed E-state index contributed by atoms with van der Waals surface area (Å²) in [6, 6.07) is 14.0. The third-order valence-corrected chi connectivity index (χ3v) is 5.35. The van der Waals surface area contributed by atoms with Gasteiger partial charge in [-0.15, -0.1) is 11.3 Å². The molecule has 0 atom stereocenters. The van der Waals surface area contributed by atoms with Gasteiger partial charge in [-0.2, -0.15) is 0 Å². The van der Waals surface area contributed by atoms with E-state index in [0.29, 0.717) is 24.6 Å². The fraction of sp³-hybridized carbons (Fsp3) is 0.238. The highest BCUT2D eigenvalue weighted by Gasteiger charge is 2.17. The molecule has 0 fully saturated rings. The van der Waals surface area contributed by atoms with Crippen LogP contribution in [0, 0.1) is 6.92 Å². The van der Waals surface area contributed by atoms with Gasteiger partial charge in [0.15, 0.2) is 11.4 Å². The predicted octanol–water partition coefficient (Wildman–Crippen LogP) is 3.73.